The number of hydrogen-bond donors (Lipinski definition) is 3. The molecular formula is C19H14N4O2. The van der Waals surface area contributed by atoms with Crippen LogP contribution in [-0.2, 0) is 4.79 Å². The van der Waals surface area contributed by atoms with Crippen molar-refractivity contribution in [3.63, 3.8) is 0 Å². The van der Waals surface area contributed by atoms with Crippen LogP contribution in [0.25, 0.3) is 16.5 Å². The number of carbonyl (C=O) groups is 2. The normalized spacial score (nSPS) is 14.4. The lowest BCUT2D eigenvalue weighted by molar-refractivity contribution is -0.110. The SMILES string of the molecule is NC(=O)c1cccc(N/C=C2\C(=O)Nc3ccc4ncccc4c32)c1. The van der Waals surface area contributed by atoms with Gasteiger partial charge in [0.2, 0.25) is 5.91 Å². The molecule has 0 bridgehead atoms. The molecule has 1 aromatic heterocycles. The van der Waals surface area contributed by atoms with E-state index in [-0.39, 0.29) is 5.91 Å². The molecule has 1 aliphatic rings. The molecule has 2 aromatic carbocycles. The summed E-state index contributed by atoms with van der Waals surface area (Å²) < 4.78 is 0. The first kappa shape index (κ1) is 14.9. The third kappa shape index (κ3) is 2.59. The number of benzene rings is 2. The summed E-state index contributed by atoms with van der Waals surface area (Å²) in [4.78, 5) is 28.0. The molecule has 0 spiro atoms. The number of carbonyl (C=O) groups excluding carboxylic acids is 2. The number of nitrogens with one attached hydrogen (secondary N) is 2. The van der Waals surface area contributed by atoms with Crippen LogP contribution in [0, 0.1) is 0 Å². The lowest BCUT2D eigenvalue weighted by Gasteiger charge is -2.06. The molecule has 6 nitrogen and oxygen atoms in total. The Morgan fingerprint density at radius 1 is 1.16 bits per heavy atom. The van der Waals surface area contributed by atoms with Crippen molar-refractivity contribution in [3.05, 3.63) is 72.1 Å². The van der Waals surface area contributed by atoms with Crippen LogP contribution in [0.4, 0.5) is 11.4 Å². The van der Waals surface area contributed by atoms with Crippen molar-refractivity contribution in [2.45, 2.75) is 0 Å². The van der Waals surface area contributed by atoms with Crippen molar-refractivity contribution >= 4 is 39.7 Å². The number of aromatic nitrogens is 1. The molecule has 6 heteroatoms. The first-order valence-electron chi connectivity index (χ1n) is 7.69. The minimum Gasteiger partial charge on any atom is -0.366 e. The summed E-state index contributed by atoms with van der Waals surface area (Å²) in [5.41, 5.74) is 9.26. The van der Waals surface area contributed by atoms with E-state index in [0.29, 0.717) is 16.8 Å². The smallest absolute Gasteiger partial charge is 0.257 e. The molecule has 2 amide bonds. The van der Waals surface area contributed by atoms with Gasteiger partial charge in [-0.25, -0.2) is 0 Å². The van der Waals surface area contributed by atoms with Gasteiger partial charge in [0.15, 0.2) is 0 Å². The van der Waals surface area contributed by atoms with Gasteiger partial charge in [-0.1, -0.05) is 12.1 Å². The van der Waals surface area contributed by atoms with Gasteiger partial charge in [0.25, 0.3) is 5.91 Å². The monoisotopic (exact) mass is 330 g/mol. The predicted molar refractivity (Wildman–Crippen MR) is 96.9 cm³/mol. The number of rotatable bonds is 3. The van der Waals surface area contributed by atoms with Gasteiger partial charge in [-0.15, -0.1) is 0 Å². The quantitative estimate of drug-likeness (QED) is 0.643. The second-order valence-electron chi connectivity index (χ2n) is 5.66. The lowest BCUT2D eigenvalue weighted by atomic mass is 10.0. The number of hydrogen-bond acceptors (Lipinski definition) is 4. The van der Waals surface area contributed by atoms with Crippen LogP contribution in [0.5, 0.6) is 0 Å². The van der Waals surface area contributed by atoms with Gasteiger partial charge in [0, 0.05) is 40.3 Å². The van der Waals surface area contributed by atoms with E-state index in [2.05, 4.69) is 15.6 Å². The van der Waals surface area contributed by atoms with Crippen LogP contribution in [0.1, 0.15) is 15.9 Å². The fraction of sp³-hybridized carbons (Fsp3) is 0. The van der Waals surface area contributed by atoms with Crippen molar-refractivity contribution in [1.29, 1.82) is 0 Å². The number of nitrogens with two attached hydrogens (primary N) is 1. The molecule has 3 aromatic rings. The molecular weight excluding hydrogens is 316 g/mol. The Hall–Kier alpha value is -3.67. The molecule has 1 aliphatic heterocycles. The highest BCUT2D eigenvalue weighted by Crippen LogP contribution is 2.37. The molecule has 0 saturated carbocycles. The highest BCUT2D eigenvalue weighted by atomic mass is 16.2. The van der Waals surface area contributed by atoms with Crippen LogP contribution in [0.15, 0.2) is 60.9 Å². The third-order valence-electron chi connectivity index (χ3n) is 4.08. The molecule has 25 heavy (non-hydrogen) atoms. The molecule has 2 heterocycles. The topological polar surface area (TPSA) is 97.1 Å². The lowest BCUT2D eigenvalue weighted by Crippen LogP contribution is -2.11. The summed E-state index contributed by atoms with van der Waals surface area (Å²) >= 11 is 0. The van der Waals surface area contributed by atoms with Gasteiger partial charge >= 0.3 is 0 Å². The Bertz CT molecular complexity index is 1060. The Morgan fingerprint density at radius 3 is 2.88 bits per heavy atom. The highest BCUT2D eigenvalue weighted by Gasteiger charge is 2.26. The Morgan fingerprint density at radius 2 is 2.04 bits per heavy atom. The van der Waals surface area contributed by atoms with Crippen LogP contribution in [0.3, 0.4) is 0 Å². The zero-order valence-electron chi connectivity index (χ0n) is 13.1. The summed E-state index contributed by atoms with van der Waals surface area (Å²) in [6.45, 7) is 0. The van der Waals surface area contributed by atoms with Crippen molar-refractivity contribution in [1.82, 2.24) is 4.98 Å². The predicted octanol–water partition coefficient (Wildman–Crippen LogP) is 2.74. The summed E-state index contributed by atoms with van der Waals surface area (Å²) in [7, 11) is 0. The maximum Gasteiger partial charge on any atom is 0.257 e. The molecule has 0 atom stereocenters. The van der Waals surface area contributed by atoms with Gasteiger partial charge in [-0.2, -0.15) is 0 Å². The fourth-order valence-electron chi connectivity index (χ4n) is 2.91. The average molecular weight is 330 g/mol. The number of anilines is 2. The van der Waals surface area contributed by atoms with E-state index in [9.17, 15) is 9.59 Å². The summed E-state index contributed by atoms with van der Waals surface area (Å²) in [6, 6.07) is 14.3. The van der Waals surface area contributed by atoms with E-state index in [1.807, 2.05) is 24.3 Å². The molecule has 0 saturated heterocycles. The summed E-state index contributed by atoms with van der Waals surface area (Å²) in [5.74, 6) is -0.692. The number of primary amides is 1. The highest BCUT2D eigenvalue weighted by molar-refractivity contribution is 6.34. The third-order valence-corrected chi connectivity index (χ3v) is 4.08. The van der Waals surface area contributed by atoms with E-state index in [0.717, 1.165) is 22.2 Å². The van der Waals surface area contributed by atoms with Gasteiger partial charge < -0.3 is 16.4 Å². The van der Waals surface area contributed by atoms with E-state index in [1.165, 1.54) is 0 Å². The summed E-state index contributed by atoms with van der Waals surface area (Å²) in [5, 5.41) is 6.82. The molecule has 0 radical (unpaired) electrons. The molecule has 122 valence electrons. The van der Waals surface area contributed by atoms with Crippen LogP contribution in [0.2, 0.25) is 0 Å². The van der Waals surface area contributed by atoms with Crippen LogP contribution < -0.4 is 16.4 Å². The van der Waals surface area contributed by atoms with Gasteiger partial charge in [0.05, 0.1) is 11.1 Å². The Balaban J connectivity index is 1.76. The van der Waals surface area contributed by atoms with E-state index < -0.39 is 5.91 Å². The number of amides is 2. The average Bonchev–Trinajstić information content (AvgIpc) is 2.96. The zero-order valence-corrected chi connectivity index (χ0v) is 13.1. The second-order valence-corrected chi connectivity index (χ2v) is 5.66. The maximum absolute atomic E-state index is 12.4. The fourth-order valence-corrected chi connectivity index (χ4v) is 2.91. The molecule has 0 fully saturated rings. The maximum atomic E-state index is 12.4. The molecule has 4 N–H and O–H groups in total. The zero-order chi connectivity index (χ0) is 17.4. The van der Waals surface area contributed by atoms with Gasteiger partial charge in [-0.3, -0.25) is 14.6 Å². The number of fused-ring (bicyclic) bond motifs is 3. The first-order valence-corrected chi connectivity index (χ1v) is 7.69. The number of nitrogens with zero attached hydrogens (tertiary/aromatic N) is 1. The van der Waals surface area contributed by atoms with Gasteiger partial charge in [0.1, 0.15) is 0 Å². The standard InChI is InChI=1S/C19H14N4O2/c20-18(24)11-3-1-4-12(9-11)22-10-14-17-13-5-2-8-21-15(13)6-7-16(17)23-19(14)25/h1-10,22H,(H2,20,24)(H,23,25)/b14-10-. The van der Waals surface area contributed by atoms with E-state index in [4.69, 9.17) is 5.73 Å². The van der Waals surface area contributed by atoms with E-state index >= 15 is 0 Å². The van der Waals surface area contributed by atoms with Crippen molar-refractivity contribution in [3.8, 4) is 0 Å². The van der Waals surface area contributed by atoms with Crippen LogP contribution in [-0.4, -0.2) is 16.8 Å². The number of pyridine rings is 1. The van der Waals surface area contributed by atoms with Crippen LogP contribution >= 0.6 is 0 Å². The minimum atomic E-state index is -0.502. The second kappa shape index (κ2) is 5.76. The van der Waals surface area contributed by atoms with Crippen molar-refractivity contribution < 1.29 is 9.59 Å². The largest absolute Gasteiger partial charge is 0.366 e. The van der Waals surface area contributed by atoms with Crippen molar-refractivity contribution in [2.24, 2.45) is 5.73 Å². The Labute approximate surface area is 143 Å². The first-order chi connectivity index (χ1) is 12.1. The Kier molecular flexibility index (Phi) is 3.43. The van der Waals surface area contributed by atoms with Crippen molar-refractivity contribution in [2.75, 3.05) is 10.6 Å². The molecule has 0 aliphatic carbocycles. The summed E-state index contributed by atoms with van der Waals surface area (Å²) in [6.07, 6.45) is 3.35. The van der Waals surface area contributed by atoms with E-state index in [1.54, 1.807) is 36.7 Å². The molecule has 4 rings (SSSR count). The molecule has 0 unspecified atom stereocenters. The van der Waals surface area contributed by atoms with Gasteiger partial charge in [-0.05, 0) is 36.4 Å². The minimum absolute atomic E-state index is 0.190.